The molecule has 1 spiro atoms. The average molecular weight is 369 g/mol. The van der Waals surface area contributed by atoms with Gasteiger partial charge in [-0.1, -0.05) is 79.0 Å². The third-order valence-electron chi connectivity index (χ3n) is 4.77. The smallest absolute Gasteiger partial charge is 0.0705 e. The molecule has 150 valence electrons. The minimum absolute atomic E-state index is 0.116. The van der Waals surface area contributed by atoms with Gasteiger partial charge in [0.15, 0.2) is 0 Å². The lowest BCUT2D eigenvalue weighted by Gasteiger charge is -2.38. The second kappa shape index (κ2) is 13.3. The van der Waals surface area contributed by atoms with Gasteiger partial charge in [-0.05, 0) is 56.3 Å². The highest BCUT2D eigenvalue weighted by Crippen LogP contribution is 2.51. The molecule has 1 aromatic rings. The molecule has 0 radical (unpaired) electrons. The summed E-state index contributed by atoms with van der Waals surface area (Å²) in [4.78, 5) is 6.92. The highest BCUT2D eigenvalue weighted by atomic mass is 15.1. The Morgan fingerprint density at radius 3 is 2.00 bits per heavy atom. The van der Waals surface area contributed by atoms with E-state index in [-0.39, 0.29) is 5.41 Å². The number of aromatic nitrogens is 1. The van der Waals surface area contributed by atoms with Gasteiger partial charge in [0.25, 0.3) is 0 Å². The van der Waals surface area contributed by atoms with Gasteiger partial charge in [-0.15, -0.1) is 0 Å². The Morgan fingerprint density at radius 1 is 0.963 bits per heavy atom. The van der Waals surface area contributed by atoms with Gasteiger partial charge >= 0.3 is 0 Å². The molecule has 1 aliphatic heterocycles. The first-order valence-electron chi connectivity index (χ1n) is 10.5. The zero-order chi connectivity index (χ0) is 20.9. The predicted molar refractivity (Wildman–Crippen MR) is 123 cm³/mol. The van der Waals surface area contributed by atoms with E-state index in [1.807, 2.05) is 72.0 Å². The van der Waals surface area contributed by atoms with Crippen molar-refractivity contribution >= 4 is 5.57 Å². The molecule has 2 heterocycles. The van der Waals surface area contributed by atoms with Crippen LogP contribution in [0.2, 0.25) is 0 Å². The Bertz CT molecular complexity index is 615. The second-order valence-electron chi connectivity index (χ2n) is 5.97. The van der Waals surface area contributed by atoms with Crippen molar-refractivity contribution in [3.63, 3.8) is 0 Å². The van der Waals surface area contributed by atoms with E-state index in [1.165, 1.54) is 16.7 Å². The Hall–Kier alpha value is -1.93. The van der Waals surface area contributed by atoms with E-state index in [0.29, 0.717) is 0 Å². The van der Waals surface area contributed by atoms with Gasteiger partial charge in [-0.3, -0.25) is 4.98 Å². The summed E-state index contributed by atoms with van der Waals surface area (Å²) in [6.07, 6.45) is 10.5. The fourth-order valence-electron chi connectivity index (χ4n) is 3.54. The van der Waals surface area contributed by atoms with E-state index in [1.54, 1.807) is 0 Å². The van der Waals surface area contributed by atoms with E-state index in [9.17, 15) is 0 Å². The summed E-state index contributed by atoms with van der Waals surface area (Å²) in [6, 6.07) is 6.07. The summed E-state index contributed by atoms with van der Waals surface area (Å²) in [5.41, 5.74) is 4.89. The molecule has 1 aliphatic carbocycles. The van der Waals surface area contributed by atoms with Crippen molar-refractivity contribution in [1.82, 2.24) is 9.88 Å². The minimum atomic E-state index is 0.116. The van der Waals surface area contributed by atoms with Crippen molar-refractivity contribution in [3.05, 3.63) is 72.6 Å². The predicted octanol–water partition coefficient (Wildman–Crippen LogP) is 6.94. The molecule has 0 saturated carbocycles. The molecule has 0 atom stereocenters. The number of hydrogen-bond donors (Lipinski definition) is 0. The largest absolute Gasteiger partial charge is 0.306 e. The summed E-state index contributed by atoms with van der Waals surface area (Å²) in [6.45, 7) is 22.3. The van der Waals surface area contributed by atoms with Crippen LogP contribution in [0.25, 0.3) is 5.57 Å². The van der Waals surface area contributed by atoms with E-state index in [0.717, 1.165) is 31.6 Å². The molecule has 0 aromatic carbocycles. The monoisotopic (exact) mass is 368 g/mol. The van der Waals surface area contributed by atoms with Gasteiger partial charge in [0.1, 0.15) is 0 Å². The number of piperidine rings is 1. The van der Waals surface area contributed by atoms with Crippen molar-refractivity contribution in [2.24, 2.45) is 5.41 Å². The third-order valence-corrected chi connectivity index (χ3v) is 4.77. The lowest BCUT2D eigenvalue weighted by Crippen LogP contribution is -2.37. The Morgan fingerprint density at radius 2 is 1.56 bits per heavy atom. The average Bonchev–Trinajstić information content (AvgIpc) is 3.08. The molecule has 2 nitrogen and oxygen atoms in total. The molecule has 0 N–H and O–H groups in total. The number of likely N-dealkylation sites (tertiary alicyclic amines) is 1. The van der Waals surface area contributed by atoms with E-state index >= 15 is 0 Å². The molecule has 0 bridgehead atoms. The topological polar surface area (TPSA) is 16.1 Å². The van der Waals surface area contributed by atoms with Crippen LogP contribution in [0.15, 0.2) is 66.9 Å². The van der Waals surface area contributed by atoms with E-state index in [4.69, 9.17) is 0 Å². The second-order valence-corrected chi connectivity index (χ2v) is 5.97. The van der Waals surface area contributed by atoms with E-state index in [2.05, 4.69) is 42.2 Å². The van der Waals surface area contributed by atoms with Crippen LogP contribution >= 0.6 is 0 Å². The van der Waals surface area contributed by atoms with Gasteiger partial charge < -0.3 is 4.90 Å². The van der Waals surface area contributed by atoms with Crippen LogP contribution in [0.4, 0.5) is 0 Å². The number of pyridine rings is 1. The van der Waals surface area contributed by atoms with Crippen molar-refractivity contribution in [3.8, 4) is 0 Å². The van der Waals surface area contributed by atoms with Crippen molar-refractivity contribution in [2.75, 3.05) is 20.1 Å². The molecular weight excluding hydrogens is 328 g/mol. The van der Waals surface area contributed by atoms with Gasteiger partial charge in [-0.2, -0.15) is 0 Å². The summed E-state index contributed by atoms with van der Waals surface area (Å²) >= 11 is 0. The Kier molecular flexibility index (Phi) is 12.3. The zero-order valence-electron chi connectivity index (χ0n) is 18.7. The third kappa shape index (κ3) is 5.77. The first kappa shape index (κ1) is 25.1. The zero-order valence-corrected chi connectivity index (χ0v) is 18.7. The van der Waals surface area contributed by atoms with Crippen molar-refractivity contribution in [1.29, 1.82) is 0 Å². The number of nitrogens with zero attached hydrogens (tertiary/aromatic N) is 2. The van der Waals surface area contributed by atoms with Crippen LogP contribution in [0, 0.1) is 5.41 Å². The Balaban J connectivity index is 0.00000103. The van der Waals surface area contributed by atoms with Gasteiger partial charge in [0.2, 0.25) is 0 Å². The summed E-state index contributed by atoms with van der Waals surface area (Å²) < 4.78 is 0. The number of rotatable bonds is 3. The van der Waals surface area contributed by atoms with Gasteiger partial charge in [-0.25, -0.2) is 0 Å². The SMILES string of the molecule is C=CC1=C(C=C)C2(C=C1c1ccccn1)CCN(C)CC2.CC.CC.CC. The minimum Gasteiger partial charge on any atom is -0.306 e. The van der Waals surface area contributed by atoms with Crippen LogP contribution < -0.4 is 0 Å². The molecule has 3 rings (SSSR count). The molecular formula is C25H40N2. The van der Waals surface area contributed by atoms with Crippen LogP contribution in [0.1, 0.15) is 60.1 Å². The molecule has 1 saturated heterocycles. The number of allylic oxidation sites excluding steroid dienone is 6. The lowest BCUT2D eigenvalue weighted by atomic mass is 9.74. The summed E-state index contributed by atoms with van der Waals surface area (Å²) in [7, 11) is 2.19. The fourth-order valence-corrected chi connectivity index (χ4v) is 3.54. The van der Waals surface area contributed by atoms with E-state index < -0.39 is 0 Å². The molecule has 0 amide bonds. The van der Waals surface area contributed by atoms with Crippen LogP contribution in [-0.2, 0) is 0 Å². The fraction of sp³-hybridized carbons (Fsp3) is 0.480. The Labute approximate surface area is 168 Å². The number of hydrogen-bond acceptors (Lipinski definition) is 2. The van der Waals surface area contributed by atoms with Crippen LogP contribution in [0.3, 0.4) is 0 Å². The highest BCUT2D eigenvalue weighted by Gasteiger charge is 2.40. The quantitative estimate of drug-likeness (QED) is 0.574. The normalized spacial score (nSPS) is 17.4. The highest BCUT2D eigenvalue weighted by molar-refractivity contribution is 5.86. The van der Waals surface area contributed by atoms with Crippen LogP contribution in [-0.4, -0.2) is 30.0 Å². The maximum Gasteiger partial charge on any atom is 0.0705 e. The van der Waals surface area contributed by atoms with Gasteiger partial charge in [0.05, 0.1) is 5.69 Å². The molecule has 1 fully saturated rings. The van der Waals surface area contributed by atoms with Gasteiger partial charge in [0, 0.05) is 17.2 Å². The summed E-state index contributed by atoms with van der Waals surface area (Å²) in [5.74, 6) is 0. The lowest BCUT2D eigenvalue weighted by molar-refractivity contribution is 0.197. The molecule has 2 heteroatoms. The summed E-state index contributed by atoms with van der Waals surface area (Å²) in [5, 5.41) is 0. The molecule has 1 aromatic heterocycles. The van der Waals surface area contributed by atoms with Crippen molar-refractivity contribution in [2.45, 2.75) is 54.4 Å². The van der Waals surface area contributed by atoms with Crippen molar-refractivity contribution < 1.29 is 0 Å². The van der Waals surface area contributed by atoms with Crippen LogP contribution in [0.5, 0.6) is 0 Å². The maximum atomic E-state index is 4.53. The molecule has 27 heavy (non-hydrogen) atoms. The standard InChI is InChI=1S/C19H22N2.3C2H6/c1-4-15-16(18-8-6-7-11-20-18)14-19(17(15)5-2)9-12-21(3)13-10-19;3*1-2/h4-8,11,14H,1-2,9-10,12-13H2,3H3;3*1-2H3. The molecule has 0 unspecified atom stereocenters. The first-order valence-corrected chi connectivity index (χ1v) is 10.5. The maximum absolute atomic E-state index is 4.53. The molecule has 2 aliphatic rings. The first-order chi connectivity index (χ1) is 13.2.